The molecule has 1 saturated carbocycles. The fourth-order valence-electron chi connectivity index (χ4n) is 2.69. The zero-order valence-electron chi connectivity index (χ0n) is 10.4. The van der Waals surface area contributed by atoms with Gasteiger partial charge in [-0.05, 0) is 36.0 Å². The van der Waals surface area contributed by atoms with Crippen molar-refractivity contribution in [3.8, 4) is 5.75 Å². The summed E-state index contributed by atoms with van der Waals surface area (Å²) in [5, 5.41) is 11.1. The molecule has 0 aliphatic heterocycles. The maximum absolute atomic E-state index is 10.5. The van der Waals surface area contributed by atoms with Crippen LogP contribution in [0.1, 0.15) is 44.3 Å². The highest BCUT2D eigenvalue weighted by molar-refractivity contribution is 6.31. The van der Waals surface area contributed by atoms with Crippen LogP contribution in [-0.2, 0) is 0 Å². The third-order valence-electron chi connectivity index (χ3n) is 3.91. The third kappa shape index (κ3) is 2.43. The van der Waals surface area contributed by atoms with Crippen molar-refractivity contribution < 1.29 is 9.84 Å². The summed E-state index contributed by atoms with van der Waals surface area (Å²) in [5.41, 5.74) is 0.787. The van der Waals surface area contributed by atoms with Gasteiger partial charge in [0.25, 0.3) is 0 Å². The molecule has 0 bridgehead atoms. The lowest BCUT2D eigenvalue weighted by Gasteiger charge is -2.30. The average molecular weight is 255 g/mol. The Bertz CT molecular complexity index is 397. The number of hydrogen-bond donors (Lipinski definition) is 1. The molecular formula is C14H19ClO2. The predicted molar refractivity (Wildman–Crippen MR) is 69.5 cm³/mol. The number of benzene rings is 1. The second-order valence-electron chi connectivity index (χ2n) is 5.15. The van der Waals surface area contributed by atoms with Crippen molar-refractivity contribution in [1.82, 2.24) is 0 Å². The molecule has 1 N–H and O–H groups in total. The minimum absolute atomic E-state index is 0.0295. The van der Waals surface area contributed by atoms with Crippen LogP contribution in [-0.4, -0.2) is 12.2 Å². The summed E-state index contributed by atoms with van der Waals surface area (Å²) in [4.78, 5) is 0. The number of rotatable bonds is 3. The van der Waals surface area contributed by atoms with Crippen LogP contribution in [0.15, 0.2) is 18.2 Å². The normalized spacial score (nSPS) is 20.2. The molecule has 0 spiro atoms. The van der Waals surface area contributed by atoms with Gasteiger partial charge in [0.15, 0.2) is 0 Å². The van der Waals surface area contributed by atoms with Gasteiger partial charge in [-0.3, -0.25) is 0 Å². The molecule has 94 valence electrons. The van der Waals surface area contributed by atoms with Gasteiger partial charge in [-0.1, -0.05) is 37.4 Å². The van der Waals surface area contributed by atoms with Crippen molar-refractivity contribution in [3.05, 3.63) is 28.8 Å². The van der Waals surface area contributed by atoms with Gasteiger partial charge in [-0.15, -0.1) is 0 Å². The summed E-state index contributed by atoms with van der Waals surface area (Å²) in [6.45, 7) is 2.14. The Hall–Kier alpha value is -0.730. The summed E-state index contributed by atoms with van der Waals surface area (Å²) >= 11 is 6.20. The lowest BCUT2D eigenvalue weighted by atomic mass is 9.79. The molecule has 0 radical (unpaired) electrons. The molecule has 1 aromatic carbocycles. The first kappa shape index (κ1) is 12.7. The lowest BCUT2D eigenvalue weighted by molar-refractivity contribution is 0.0409. The van der Waals surface area contributed by atoms with E-state index in [1.165, 1.54) is 12.8 Å². The average Bonchev–Trinajstić information content (AvgIpc) is 2.76. The van der Waals surface area contributed by atoms with Crippen LogP contribution < -0.4 is 4.74 Å². The maximum atomic E-state index is 10.5. The van der Waals surface area contributed by atoms with E-state index < -0.39 is 6.10 Å². The van der Waals surface area contributed by atoms with Crippen LogP contribution in [0.5, 0.6) is 5.75 Å². The third-order valence-corrected chi connectivity index (χ3v) is 4.24. The van der Waals surface area contributed by atoms with Crippen LogP contribution in [0.25, 0.3) is 0 Å². The van der Waals surface area contributed by atoms with Gasteiger partial charge in [0.2, 0.25) is 0 Å². The summed E-state index contributed by atoms with van der Waals surface area (Å²) < 4.78 is 5.11. The molecule has 2 rings (SSSR count). The van der Waals surface area contributed by atoms with Gasteiger partial charge < -0.3 is 9.84 Å². The second kappa shape index (κ2) is 4.87. The van der Waals surface area contributed by atoms with Gasteiger partial charge in [0, 0.05) is 0 Å². The molecule has 1 fully saturated rings. The van der Waals surface area contributed by atoms with Crippen molar-refractivity contribution in [2.24, 2.45) is 5.41 Å². The van der Waals surface area contributed by atoms with Crippen LogP contribution in [0.3, 0.4) is 0 Å². The molecular weight excluding hydrogens is 236 g/mol. The summed E-state index contributed by atoms with van der Waals surface area (Å²) in [6, 6.07) is 5.48. The van der Waals surface area contributed by atoms with E-state index in [1.807, 2.05) is 12.1 Å². The fraction of sp³-hybridized carbons (Fsp3) is 0.571. The van der Waals surface area contributed by atoms with Gasteiger partial charge in [0.05, 0.1) is 18.2 Å². The SMILES string of the molecule is COc1ccc(C(O)C2(C)CCCC2)c(Cl)c1. The molecule has 17 heavy (non-hydrogen) atoms. The van der Waals surface area contributed by atoms with E-state index in [-0.39, 0.29) is 5.41 Å². The molecule has 1 atom stereocenters. The zero-order valence-corrected chi connectivity index (χ0v) is 11.1. The first-order valence-corrected chi connectivity index (χ1v) is 6.46. The molecule has 1 aromatic rings. The van der Waals surface area contributed by atoms with E-state index >= 15 is 0 Å². The topological polar surface area (TPSA) is 29.5 Å². The smallest absolute Gasteiger partial charge is 0.120 e. The first-order chi connectivity index (χ1) is 8.07. The quantitative estimate of drug-likeness (QED) is 0.885. The van der Waals surface area contributed by atoms with Crippen molar-refractivity contribution in [2.75, 3.05) is 7.11 Å². The first-order valence-electron chi connectivity index (χ1n) is 6.08. The Morgan fingerprint density at radius 1 is 1.35 bits per heavy atom. The van der Waals surface area contributed by atoms with E-state index in [0.717, 1.165) is 24.2 Å². The summed E-state index contributed by atoms with van der Waals surface area (Å²) in [5.74, 6) is 0.725. The number of halogens is 1. The summed E-state index contributed by atoms with van der Waals surface area (Å²) in [6.07, 6.45) is 4.04. The minimum Gasteiger partial charge on any atom is -0.497 e. The van der Waals surface area contributed by atoms with Crippen molar-refractivity contribution >= 4 is 11.6 Å². The van der Waals surface area contributed by atoms with Crippen LogP contribution in [0.2, 0.25) is 5.02 Å². The Labute approximate surface area is 108 Å². The Balaban J connectivity index is 2.27. The number of aliphatic hydroxyl groups excluding tert-OH is 1. The summed E-state index contributed by atoms with van der Waals surface area (Å²) in [7, 11) is 1.61. The molecule has 1 aliphatic rings. The molecule has 1 unspecified atom stereocenters. The predicted octanol–water partition coefficient (Wildman–Crippen LogP) is 3.96. The molecule has 0 heterocycles. The van der Waals surface area contributed by atoms with Crippen molar-refractivity contribution in [3.63, 3.8) is 0 Å². The minimum atomic E-state index is -0.483. The van der Waals surface area contributed by atoms with Gasteiger partial charge in [0.1, 0.15) is 5.75 Å². The molecule has 2 nitrogen and oxygen atoms in total. The van der Waals surface area contributed by atoms with Crippen molar-refractivity contribution in [1.29, 1.82) is 0 Å². The highest BCUT2D eigenvalue weighted by Gasteiger charge is 2.37. The van der Waals surface area contributed by atoms with Gasteiger partial charge >= 0.3 is 0 Å². The van der Waals surface area contributed by atoms with Crippen molar-refractivity contribution in [2.45, 2.75) is 38.7 Å². The van der Waals surface area contributed by atoms with E-state index in [2.05, 4.69) is 6.92 Å². The van der Waals surface area contributed by atoms with E-state index in [9.17, 15) is 5.11 Å². The number of aliphatic hydroxyl groups is 1. The number of ether oxygens (including phenoxy) is 1. The van der Waals surface area contributed by atoms with Crippen LogP contribution >= 0.6 is 11.6 Å². The Kier molecular flexibility index (Phi) is 3.64. The zero-order chi connectivity index (χ0) is 12.5. The highest BCUT2D eigenvalue weighted by Crippen LogP contribution is 2.48. The Morgan fingerprint density at radius 3 is 2.53 bits per heavy atom. The largest absolute Gasteiger partial charge is 0.497 e. The number of hydrogen-bond acceptors (Lipinski definition) is 2. The molecule has 1 aliphatic carbocycles. The number of methoxy groups -OCH3 is 1. The maximum Gasteiger partial charge on any atom is 0.120 e. The van der Waals surface area contributed by atoms with Crippen LogP contribution in [0.4, 0.5) is 0 Å². The molecule has 3 heteroatoms. The molecule has 0 aromatic heterocycles. The van der Waals surface area contributed by atoms with Gasteiger partial charge in [-0.25, -0.2) is 0 Å². The standard InChI is InChI=1S/C14H19ClO2/c1-14(7-3-4-8-14)13(16)11-6-5-10(17-2)9-12(11)15/h5-6,9,13,16H,3-4,7-8H2,1-2H3. The van der Waals surface area contributed by atoms with E-state index in [1.54, 1.807) is 13.2 Å². The van der Waals surface area contributed by atoms with E-state index in [0.29, 0.717) is 5.02 Å². The Morgan fingerprint density at radius 2 is 2.00 bits per heavy atom. The van der Waals surface area contributed by atoms with E-state index in [4.69, 9.17) is 16.3 Å². The monoisotopic (exact) mass is 254 g/mol. The molecule has 0 amide bonds. The van der Waals surface area contributed by atoms with Crippen LogP contribution in [0, 0.1) is 5.41 Å². The van der Waals surface area contributed by atoms with Gasteiger partial charge in [-0.2, -0.15) is 0 Å². The lowest BCUT2D eigenvalue weighted by Crippen LogP contribution is -2.22. The highest BCUT2D eigenvalue weighted by atomic mass is 35.5. The second-order valence-corrected chi connectivity index (χ2v) is 5.56. The fourth-order valence-corrected chi connectivity index (χ4v) is 2.96. The molecule has 0 saturated heterocycles.